The highest BCUT2D eigenvalue weighted by Crippen LogP contribution is 2.19. The molecule has 2 aromatic heterocycles. The minimum Gasteiger partial charge on any atom is -0.443 e. The molecule has 68 valence electrons. The monoisotopic (exact) mass is 187 g/mol. The number of hydrogen-bond donors (Lipinski definition) is 1. The van der Waals surface area contributed by atoms with E-state index in [1.54, 1.807) is 0 Å². The summed E-state index contributed by atoms with van der Waals surface area (Å²) in [5.41, 5.74) is 2.38. The summed E-state index contributed by atoms with van der Waals surface area (Å²) in [5, 5.41) is 13.6. The van der Waals surface area contributed by atoms with Gasteiger partial charge in [-0.2, -0.15) is 5.21 Å². The normalized spacial score (nSPS) is 10.9. The van der Waals surface area contributed by atoms with Gasteiger partial charge in [0.05, 0.1) is 0 Å². The minimum absolute atomic E-state index is 0.545. The first-order chi connectivity index (χ1) is 6.93. The number of aromatic nitrogens is 5. The minimum atomic E-state index is 0.545. The van der Waals surface area contributed by atoms with Crippen LogP contribution in [0.4, 0.5) is 0 Å². The highest BCUT2D eigenvalue weighted by molar-refractivity contribution is 5.77. The van der Waals surface area contributed by atoms with Crippen molar-refractivity contribution in [3.8, 4) is 11.4 Å². The average Bonchev–Trinajstić information content (AvgIpc) is 2.88. The lowest BCUT2D eigenvalue weighted by molar-refractivity contribution is 0.602. The van der Waals surface area contributed by atoms with Crippen LogP contribution in [0, 0.1) is 0 Å². The summed E-state index contributed by atoms with van der Waals surface area (Å²) in [6.07, 6.45) is 1.41. The van der Waals surface area contributed by atoms with Crippen LogP contribution in [-0.4, -0.2) is 25.6 Å². The Morgan fingerprint density at radius 1 is 1.29 bits per heavy atom. The summed E-state index contributed by atoms with van der Waals surface area (Å²) in [6, 6.07) is 5.55. The Balaban J connectivity index is 2.23. The predicted molar refractivity (Wildman–Crippen MR) is 47.2 cm³/mol. The molecular formula is C8H5N5O. The lowest BCUT2D eigenvalue weighted by Crippen LogP contribution is -1.80. The molecule has 0 aliphatic heterocycles. The first-order valence-corrected chi connectivity index (χ1v) is 4.00. The molecule has 0 unspecified atom stereocenters. The Bertz CT molecular complexity index is 556. The fourth-order valence-electron chi connectivity index (χ4n) is 1.28. The van der Waals surface area contributed by atoms with Crippen molar-refractivity contribution in [1.82, 2.24) is 25.6 Å². The number of nitrogens with one attached hydrogen (secondary N) is 1. The molecule has 0 saturated heterocycles. The summed E-state index contributed by atoms with van der Waals surface area (Å²) < 4.78 is 5.16. The molecular weight excluding hydrogens is 182 g/mol. The van der Waals surface area contributed by atoms with E-state index >= 15 is 0 Å². The average molecular weight is 187 g/mol. The molecule has 1 aromatic carbocycles. The lowest BCUT2D eigenvalue weighted by atomic mass is 10.2. The van der Waals surface area contributed by atoms with Gasteiger partial charge < -0.3 is 4.42 Å². The van der Waals surface area contributed by atoms with E-state index in [-0.39, 0.29) is 0 Å². The molecule has 0 atom stereocenters. The number of benzene rings is 1. The number of nitrogens with zero attached hydrogens (tertiary/aromatic N) is 4. The quantitative estimate of drug-likeness (QED) is 0.614. The zero-order valence-electron chi connectivity index (χ0n) is 7.01. The van der Waals surface area contributed by atoms with Crippen molar-refractivity contribution in [1.29, 1.82) is 0 Å². The van der Waals surface area contributed by atoms with Crippen LogP contribution in [0.5, 0.6) is 0 Å². The zero-order chi connectivity index (χ0) is 9.38. The zero-order valence-corrected chi connectivity index (χ0v) is 7.01. The molecule has 2 heterocycles. The summed E-state index contributed by atoms with van der Waals surface area (Å²) >= 11 is 0. The van der Waals surface area contributed by atoms with Gasteiger partial charge in [-0.05, 0) is 23.4 Å². The largest absolute Gasteiger partial charge is 0.443 e. The molecule has 3 rings (SSSR count). The van der Waals surface area contributed by atoms with Gasteiger partial charge in [-0.1, -0.05) is 0 Å². The molecule has 1 N–H and O–H groups in total. The fourth-order valence-corrected chi connectivity index (χ4v) is 1.28. The second-order valence-electron chi connectivity index (χ2n) is 2.77. The number of hydrogen-bond acceptors (Lipinski definition) is 5. The molecule has 0 bridgehead atoms. The number of aromatic amines is 1. The van der Waals surface area contributed by atoms with Gasteiger partial charge in [-0.15, -0.1) is 10.2 Å². The molecule has 0 amide bonds. The maximum atomic E-state index is 5.16. The van der Waals surface area contributed by atoms with E-state index in [9.17, 15) is 0 Å². The lowest BCUT2D eigenvalue weighted by Gasteiger charge is -1.91. The van der Waals surface area contributed by atoms with E-state index in [0.717, 1.165) is 11.1 Å². The highest BCUT2D eigenvalue weighted by Gasteiger charge is 2.05. The van der Waals surface area contributed by atoms with Crippen LogP contribution < -0.4 is 0 Å². The maximum absolute atomic E-state index is 5.16. The summed E-state index contributed by atoms with van der Waals surface area (Å²) in [5.74, 6) is 0.545. The third-order valence-corrected chi connectivity index (χ3v) is 1.93. The van der Waals surface area contributed by atoms with Crippen molar-refractivity contribution in [2.45, 2.75) is 0 Å². The maximum Gasteiger partial charge on any atom is 0.204 e. The van der Waals surface area contributed by atoms with Crippen molar-refractivity contribution in [3.63, 3.8) is 0 Å². The Hall–Kier alpha value is -2.24. The van der Waals surface area contributed by atoms with Crippen LogP contribution in [0.2, 0.25) is 0 Å². The summed E-state index contributed by atoms with van der Waals surface area (Å²) in [7, 11) is 0. The number of H-pyrrole nitrogens is 1. The van der Waals surface area contributed by atoms with E-state index in [1.807, 2.05) is 18.2 Å². The molecule has 0 fully saturated rings. The Labute approximate surface area is 78.0 Å². The van der Waals surface area contributed by atoms with E-state index in [4.69, 9.17) is 4.42 Å². The van der Waals surface area contributed by atoms with Crippen molar-refractivity contribution < 1.29 is 4.42 Å². The number of oxazole rings is 1. The van der Waals surface area contributed by atoms with Crippen LogP contribution in [0.15, 0.2) is 29.0 Å². The first-order valence-electron chi connectivity index (χ1n) is 4.00. The van der Waals surface area contributed by atoms with Crippen LogP contribution in [0.1, 0.15) is 0 Å². The van der Waals surface area contributed by atoms with Gasteiger partial charge in [-0.25, -0.2) is 4.98 Å². The number of tetrazole rings is 1. The molecule has 0 spiro atoms. The van der Waals surface area contributed by atoms with Gasteiger partial charge in [-0.3, -0.25) is 0 Å². The predicted octanol–water partition coefficient (Wildman–Crippen LogP) is 1.01. The third-order valence-electron chi connectivity index (χ3n) is 1.93. The Morgan fingerprint density at radius 3 is 3.14 bits per heavy atom. The van der Waals surface area contributed by atoms with Gasteiger partial charge in [0, 0.05) is 5.56 Å². The third kappa shape index (κ3) is 0.972. The second-order valence-corrected chi connectivity index (χ2v) is 2.77. The molecule has 0 aliphatic carbocycles. The van der Waals surface area contributed by atoms with Gasteiger partial charge in [0.2, 0.25) is 5.82 Å². The second kappa shape index (κ2) is 2.63. The van der Waals surface area contributed by atoms with Crippen molar-refractivity contribution in [3.05, 3.63) is 24.6 Å². The fraction of sp³-hybridized carbons (Fsp3) is 0. The molecule has 0 radical (unpaired) electrons. The summed E-state index contributed by atoms with van der Waals surface area (Å²) in [6.45, 7) is 0. The molecule has 3 aromatic rings. The highest BCUT2D eigenvalue weighted by atomic mass is 16.3. The number of fused-ring (bicyclic) bond motifs is 1. The van der Waals surface area contributed by atoms with Crippen LogP contribution in [-0.2, 0) is 0 Å². The van der Waals surface area contributed by atoms with Gasteiger partial charge in [0.25, 0.3) is 0 Å². The Morgan fingerprint density at radius 2 is 2.29 bits per heavy atom. The standard InChI is InChI=1S/C8H5N5O/c1-2-6-7(14-4-9-6)3-5(1)8-10-12-13-11-8/h1-4H,(H,10,11,12,13). The van der Waals surface area contributed by atoms with Gasteiger partial charge in [0.15, 0.2) is 12.0 Å². The summed E-state index contributed by atoms with van der Waals surface area (Å²) in [4.78, 5) is 4.01. The molecule has 6 nitrogen and oxygen atoms in total. The smallest absolute Gasteiger partial charge is 0.204 e. The topological polar surface area (TPSA) is 80.5 Å². The van der Waals surface area contributed by atoms with Crippen molar-refractivity contribution in [2.24, 2.45) is 0 Å². The van der Waals surface area contributed by atoms with E-state index < -0.39 is 0 Å². The van der Waals surface area contributed by atoms with E-state index in [1.165, 1.54) is 6.39 Å². The van der Waals surface area contributed by atoms with Gasteiger partial charge >= 0.3 is 0 Å². The molecule has 0 aliphatic rings. The Kier molecular flexibility index (Phi) is 1.35. The number of rotatable bonds is 1. The van der Waals surface area contributed by atoms with Crippen LogP contribution in [0.3, 0.4) is 0 Å². The van der Waals surface area contributed by atoms with Crippen molar-refractivity contribution in [2.75, 3.05) is 0 Å². The van der Waals surface area contributed by atoms with Crippen molar-refractivity contribution >= 4 is 11.1 Å². The van der Waals surface area contributed by atoms with E-state index in [2.05, 4.69) is 25.6 Å². The van der Waals surface area contributed by atoms with Crippen LogP contribution >= 0.6 is 0 Å². The molecule has 14 heavy (non-hydrogen) atoms. The molecule has 6 heteroatoms. The molecule has 0 saturated carbocycles. The van der Waals surface area contributed by atoms with Crippen LogP contribution in [0.25, 0.3) is 22.5 Å². The van der Waals surface area contributed by atoms with Gasteiger partial charge in [0.1, 0.15) is 5.52 Å². The SMILES string of the molecule is c1nc2ccc(-c3nn[nH]n3)cc2o1. The first kappa shape index (κ1) is 7.19. The van der Waals surface area contributed by atoms with E-state index in [0.29, 0.717) is 11.4 Å².